The Labute approximate surface area is 171 Å². The molecule has 1 aliphatic heterocycles. The number of ketones is 1. The lowest BCUT2D eigenvalue weighted by Crippen LogP contribution is -2.60. The van der Waals surface area contributed by atoms with Crippen molar-refractivity contribution in [3.8, 4) is 11.5 Å². The quantitative estimate of drug-likeness (QED) is 0.334. The van der Waals surface area contributed by atoms with E-state index in [2.05, 4.69) is 0 Å². The van der Waals surface area contributed by atoms with Gasteiger partial charge < -0.3 is 40.5 Å². The molecule has 6 atom stereocenters. The molecule has 0 bridgehead atoms. The van der Waals surface area contributed by atoms with Gasteiger partial charge in [-0.15, -0.1) is 0 Å². The molecule has 2 aromatic carbocycles. The Morgan fingerprint density at radius 2 is 1.57 bits per heavy atom. The molecule has 2 aliphatic rings. The van der Waals surface area contributed by atoms with Crippen molar-refractivity contribution >= 4 is 5.78 Å². The number of aromatic hydroxyl groups is 2. The number of hydrogen-bond acceptors (Lipinski definition) is 9. The number of carbonyl (C=O) groups excluding carboxylic acids is 1. The summed E-state index contributed by atoms with van der Waals surface area (Å²) in [7, 11) is 0. The van der Waals surface area contributed by atoms with E-state index >= 15 is 0 Å². The zero-order valence-electron chi connectivity index (χ0n) is 15.7. The number of rotatable bonds is 3. The van der Waals surface area contributed by atoms with Crippen LogP contribution < -0.4 is 0 Å². The molecule has 9 heteroatoms. The van der Waals surface area contributed by atoms with Crippen LogP contribution in [-0.2, 0) is 11.3 Å². The summed E-state index contributed by atoms with van der Waals surface area (Å²) in [6, 6.07) is 7.06. The molecule has 1 heterocycles. The maximum absolute atomic E-state index is 13.1. The monoisotopic (exact) mass is 418 g/mol. The SMILES string of the molecule is O=C1c2c(O)cccc2[C@@H]([C@H]2OC(CO)C(O)C(O)C2O)c2cc(CO)cc(O)c21. The number of aliphatic hydroxyl groups excluding tert-OH is 5. The topological polar surface area (TPSA) is 168 Å². The lowest BCUT2D eigenvalue weighted by Gasteiger charge is -2.45. The van der Waals surface area contributed by atoms with Gasteiger partial charge in [0.15, 0.2) is 0 Å². The first-order chi connectivity index (χ1) is 14.3. The molecule has 0 radical (unpaired) electrons. The third kappa shape index (κ3) is 2.99. The van der Waals surface area contributed by atoms with E-state index in [1.54, 1.807) is 6.07 Å². The van der Waals surface area contributed by atoms with Crippen molar-refractivity contribution in [1.29, 1.82) is 0 Å². The van der Waals surface area contributed by atoms with Crippen LogP contribution in [0.2, 0.25) is 0 Å². The first-order valence-corrected chi connectivity index (χ1v) is 9.43. The maximum Gasteiger partial charge on any atom is 0.201 e. The van der Waals surface area contributed by atoms with Gasteiger partial charge in [0, 0.05) is 5.92 Å². The van der Waals surface area contributed by atoms with E-state index in [9.17, 15) is 40.5 Å². The van der Waals surface area contributed by atoms with Crippen molar-refractivity contribution in [2.24, 2.45) is 0 Å². The Kier molecular flexibility index (Phi) is 5.27. The van der Waals surface area contributed by atoms with Crippen LogP contribution in [0.3, 0.4) is 0 Å². The minimum Gasteiger partial charge on any atom is -0.507 e. The van der Waals surface area contributed by atoms with E-state index in [0.29, 0.717) is 5.56 Å². The van der Waals surface area contributed by atoms with E-state index in [1.165, 1.54) is 24.3 Å². The molecule has 1 aliphatic carbocycles. The fourth-order valence-corrected chi connectivity index (χ4v) is 4.41. The lowest BCUT2D eigenvalue weighted by molar-refractivity contribution is -0.232. The molecule has 4 rings (SSSR count). The van der Waals surface area contributed by atoms with Crippen LogP contribution in [0.1, 0.15) is 38.5 Å². The van der Waals surface area contributed by atoms with Crippen LogP contribution in [-0.4, -0.2) is 78.7 Å². The standard InChI is InChI=1S/C21H22O9/c22-6-8-4-10-14(21-20(29)19(28)17(26)13(7-23)30-21)9-2-1-3-11(24)15(9)18(27)16(10)12(25)5-8/h1-5,13-14,17,19-26,28-29H,6-7H2/t13?,14-,17?,19?,20?,21-/m1/s1. The molecular formula is C21H22O9. The molecule has 4 unspecified atom stereocenters. The van der Waals surface area contributed by atoms with Crippen LogP contribution in [0.15, 0.2) is 30.3 Å². The third-order valence-corrected chi connectivity index (χ3v) is 5.85. The molecular weight excluding hydrogens is 396 g/mol. The summed E-state index contributed by atoms with van der Waals surface area (Å²) in [6.07, 6.45) is -7.22. The van der Waals surface area contributed by atoms with E-state index in [0.717, 1.165) is 0 Å². The van der Waals surface area contributed by atoms with Crippen LogP contribution in [0.25, 0.3) is 0 Å². The maximum atomic E-state index is 13.1. The molecule has 30 heavy (non-hydrogen) atoms. The van der Waals surface area contributed by atoms with Gasteiger partial charge in [0.05, 0.1) is 30.4 Å². The molecule has 2 aromatic rings. The predicted molar refractivity (Wildman–Crippen MR) is 101 cm³/mol. The summed E-state index contributed by atoms with van der Waals surface area (Å²) in [5, 5.41) is 71.0. The van der Waals surface area contributed by atoms with Gasteiger partial charge in [-0.05, 0) is 28.8 Å². The second-order valence-corrected chi connectivity index (χ2v) is 7.58. The molecule has 160 valence electrons. The van der Waals surface area contributed by atoms with Crippen LogP contribution in [0, 0.1) is 0 Å². The van der Waals surface area contributed by atoms with Crippen molar-refractivity contribution in [3.63, 3.8) is 0 Å². The van der Waals surface area contributed by atoms with Gasteiger partial charge in [0.2, 0.25) is 5.78 Å². The highest BCUT2D eigenvalue weighted by molar-refractivity contribution is 6.16. The van der Waals surface area contributed by atoms with Gasteiger partial charge in [0.25, 0.3) is 0 Å². The van der Waals surface area contributed by atoms with Gasteiger partial charge in [-0.25, -0.2) is 0 Å². The summed E-state index contributed by atoms with van der Waals surface area (Å²) in [5.74, 6) is -2.34. The number of phenols is 2. The normalized spacial score (nSPS) is 30.6. The molecule has 0 aromatic heterocycles. The summed E-state index contributed by atoms with van der Waals surface area (Å²) < 4.78 is 5.73. The fraction of sp³-hybridized carbons (Fsp3) is 0.381. The first-order valence-electron chi connectivity index (χ1n) is 9.43. The molecule has 0 saturated carbocycles. The molecule has 0 spiro atoms. The molecule has 0 amide bonds. The van der Waals surface area contributed by atoms with Crippen molar-refractivity contribution in [2.45, 2.75) is 43.0 Å². The highest BCUT2D eigenvalue weighted by Gasteiger charge is 2.50. The Bertz CT molecular complexity index is 987. The summed E-state index contributed by atoms with van der Waals surface area (Å²) in [6.45, 7) is -1.06. The highest BCUT2D eigenvalue weighted by Crippen LogP contribution is 2.47. The van der Waals surface area contributed by atoms with Gasteiger partial charge in [-0.2, -0.15) is 0 Å². The number of benzene rings is 2. The van der Waals surface area contributed by atoms with E-state index in [4.69, 9.17) is 4.74 Å². The molecule has 1 fully saturated rings. The van der Waals surface area contributed by atoms with Crippen molar-refractivity contribution in [3.05, 3.63) is 58.1 Å². The van der Waals surface area contributed by atoms with Crippen LogP contribution in [0.4, 0.5) is 0 Å². The number of ether oxygens (including phenoxy) is 1. The second-order valence-electron chi connectivity index (χ2n) is 7.58. The fourth-order valence-electron chi connectivity index (χ4n) is 4.41. The molecule has 7 N–H and O–H groups in total. The largest absolute Gasteiger partial charge is 0.507 e. The Hall–Kier alpha value is -2.53. The number of aliphatic hydroxyl groups is 5. The van der Waals surface area contributed by atoms with E-state index < -0.39 is 61.2 Å². The third-order valence-electron chi connectivity index (χ3n) is 5.85. The smallest absolute Gasteiger partial charge is 0.201 e. The van der Waals surface area contributed by atoms with Crippen LogP contribution in [0.5, 0.6) is 11.5 Å². The zero-order valence-corrected chi connectivity index (χ0v) is 15.7. The Balaban J connectivity index is 1.96. The van der Waals surface area contributed by atoms with Crippen molar-refractivity contribution in [2.75, 3.05) is 6.61 Å². The lowest BCUT2D eigenvalue weighted by atomic mass is 9.71. The van der Waals surface area contributed by atoms with E-state index in [-0.39, 0.29) is 28.0 Å². The van der Waals surface area contributed by atoms with Crippen molar-refractivity contribution in [1.82, 2.24) is 0 Å². The Morgan fingerprint density at radius 3 is 2.23 bits per heavy atom. The number of phenolic OH excluding ortho intramolecular Hbond substituents is 2. The summed E-state index contributed by atoms with van der Waals surface area (Å²) >= 11 is 0. The number of carbonyl (C=O) groups is 1. The minimum absolute atomic E-state index is 0.0843. The van der Waals surface area contributed by atoms with Gasteiger partial charge in [0.1, 0.15) is 35.9 Å². The van der Waals surface area contributed by atoms with Gasteiger partial charge >= 0.3 is 0 Å². The summed E-state index contributed by atoms with van der Waals surface area (Å²) in [5.41, 5.74) is 0.609. The Morgan fingerprint density at radius 1 is 0.867 bits per heavy atom. The second kappa shape index (κ2) is 7.62. The molecule has 9 nitrogen and oxygen atoms in total. The minimum atomic E-state index is -1.64. The highest BCUT2D eigenvalue weighted by atomic mass is 16.5. The number of fused-ring (bicyclic) bond motifs is 2. The molecule has 1 saturated heterocycles. The average molecular weight is 418 g/mol. The van der Waals surface area contributed by atoms with Gasteiger partial charge in [-0.1, -0.05) is 18.2 Å². The first kappa shape index (κ1) is 20.7. The van der Waals surface area contributed by atoms with Crippen LogP contribution >= 0.6 is 0 Å². The zero-order chi connectivity index (χ0) is 21.7. The predicted octanol–water partition coefficient (Wildman–Crippen LogP) is -0.891. The van der Waals surface area contributed by atoms with Crippen molar-refractivity contribution < 1.29 is 45.3 Å². The average Bonchev–Trinajstić information content (AvgIpc) is 2.73. The van der Waals surface area contributed by atoms with Gasteiger partial charge in [-0.3, -0.25) is 4.79 Å². The number of hydrogen-bond donors (Lipinski definition) is 7. The van der Waals surface area contributed by atoms with E-state index in [1.807, 2.05) is 0 Å². The summed E-state index contributed by atoms with van der Waals surface area (Å²) in [4.78, 5) is 13.1.